The number of carboxylic acid groups (broad SMARTS) is 1. The number of rotatable bonds is 3. The standard InChI is InChI=1S/C13H13ClN2O4/c14-9-3-1-8(2-4-9)13(20)16-6-5-15-12(19)10(16)7-11(17)18/h1-4,10H,5-7H2,(H,15,19)(H,17,18). The molecule has 2 amide bonds. The molecule has 0 spiro atoms. The molecule has 0 saturated carbocycles. The van der Waals surface area contributed by atoms with Gasteiger partial charge in [0.2, 0.25) is 5.91 Å². The number of carbonyl (C=O) groups excluding carboxylic acids is 2. The van der Waals surface area contributed by atoms with Crippen LogP contribution in [0.3, 0.4) is 0 Å². The third kappa shape index (κ3) is 3.08. The average Bonchev–Trinajstić information content (AvgIpc) is 2.41. The lowest BCUT2D eigenvalue weighted by molar-refractivity contribution is -0.142. The molecule has 20 heavy (non-hydrogen) atoms. The molecule has 1 aromatic carbocycles. The minimum Gasteiger partial charge on any atom is -0.481 e. The van der Waals surface area contributed by atoms with Gasteiger partial charge in [-0.15, -0.1) is 0 Å². The molecule has 7 heteroatoms. The molecular formula is C13H13ClN2O4. The largest absolute Gasteiger partial charge is 0.481 e. The molecule has 0 aromatic heterocycles. The van der Waals surface area contributed by atoms with Gasteiger partial charge >= 0.3 is 5.97 Å². The molecule has 0 radical (unpaired) electrons. The van der Waals surface area contributed by atoms with Crippen molar-refractivity contribution in [2.24, 2.45) is 0 Å². The first-order valence-electron chi connectivity index (χ1n) is 6.05. The zero-order valence-corrected chi connectivity index (χ0v) is 11.3. The van der Waals surface area contributed by atoms with Crippen LogP contribution >= 0.6 is 11.6 Å². The van der Waals surface area contributed by atoms with E-state index in [1.165, 1.54) is 4.90 Å². The van der Waals surface area contributed by atoms with Crippen LogP contribution in [0.2, 0.25) is 5.02 Å². The van der Waals surface area contributed by atoms with E-state index in [1.807, 2.05) is 0 Å². The van der Waals surface area contributed by atoms with Crippen LogP contribution in [0.5, 0.6) is 0 Å². The molecule has 1 atom stereocenters. The Kier molecular flexibility index (Phi) is 4.24. The highest BCUT2D eigenvalue weighted by Gasteiger charge is 2.34. The van der Waals surface area contributed by atoms with Gasteiger partial charge in [-0.05, 0) is 24.3 Å². The number of aliphatic carboxylic acids is 1. The second-order valence-corrected chi connectivity index (χ2v) is 4.85. The highest BCUT2D eigenvalue weighted by molar-refractivity contribution is 6.30. The van der Waals surface area contributed by atoms with Crippen molar-refractivity contribution < 1.29 is 19.5 Å². The summed E-state index contributed by atoms with van der Waals surface area (Å²) in [6.07, 6.45) is -0.412. The molecule has 1 aliphatic rings. The van der Waals surface area contributed by atoms with Gasteiger partial charge in [0.15, 0.2) is 0 Å². The molecule has 2 N–H and O–H groups in total. The summed E-state index contributed by atoms with van der Waals surface area (Å²) in [5.41, 5.74) is 0.375. The molecule has 1 saturated heterocycles. The summed E-state index contributed by atoms with van der Waals surface area (Å²) in [6.45, 7) is 0.597. The minimum atomic E-state index is -1.12. The van der Waals surface area contributed by atoms with Gasteiger partial charge in [-0.1, -0.05) is 11.6 Å². The Morgan fingerprint density at radius 2 is 2.00 bits per heavy atom. The predicted molar refractivity (Wildman–Crippen MR) is 71.5 cm³/mol. The molecule has 2 rings (SSSR count). The Morgan fingerprint density at radius 1 is 1.35 bits per heavy atom. The van der Waals surface area contributed by atoms with Crippen LogP contribution < -0.4 is 5.32 Å². The monoisotopic (exact) mass is 296 g/mol. The third-order valence-corrected chi connectivity index (χ3v) is 3.30. The van der Waals surface area contributed by atoms with Gasteiger partial charge in [-0.25, -0.2) is 0 Å². The first-order chi connectivity index (χ1) is 9.49. The van der Waals surface area contributed by atoms with Crippen molar-refractivity contribution in [3.05, 3.63) is 34.9 Å². The van der Waals surface area contributed by atoms with Gasteiger partial charge in [0.1, 0.15) is 6.04 Å². The maximum absolute atomic E-state index is 12.4. The summed E-state index contributed by atoms with van der Waals surface area (Å²) in [7, 11) is 0. The molecule has 1 aliphatic heterocycles. The van der Waals surface area contributed by atoms with E-state index in [4.69, 9.17) is 16.7 Å². The lowest BCUT2D eigenvalue weighted by Gasteiger charge is -2.34. The van der Waals surface area contributed by atoms with Crippen LogP contribution in [0.15, 0.2) is 24.3 Å². The Bertz CT molecular complexity index is 544. The summed E-state index contributed by atoms with van der Waals surface area (Å²) in [6, 6.07) is 5.27. The fourth-order valence-electron chi connectivity index (χ4n) is 2.08. The Labute approximate surface area is 120 Å². The molecule has 1 unspecified atom stereocenters. The highest BCUT2D eigenvalue weighted by atomic mass is 35.5. The Hall–Kier alpha value is -2.08. The third-order valence-electron chi connectivity index (χ3n) is 3.05. The Morgan fingerprint density at radius 3 is 2.60 bits per heavy atom. The first-order valence-corrected chi connectivity index (χ1v) is 6.43. The molecule has 106 valence electrons. The van der Waals surface area contributed by atoms with Crippen LogP contribution in [0.4, 0.5) is 0 Å². The summed E-state index contributed by atoms with van der Waals surface area (Å²) in [5.74, 6) is -1.94. The van der Waals surface area contributed by atoms with Gasteiger partial charge in [0, 0.05) is 23.7 Å². The first kappa shape index (κ1) is 14.3. The van der Waals surface area contributed by atoms with Gasteiger partial charge in [0.05, 0.1) is 6.42 Å². The van der Waals surface area contributed by atoms with Gasteiger partial charge in [-0.2, -0.15) is 0 Å². The van der Waals surface area contributed by atoms with Crippen LogP contribution in [-0.4, -0.2) is 46.9 Å². The zero-order chi connectivity index (χ0) is 14.7. The highest BCUT2D eigenvalue weighted by Crippen LogP contribution is 2.16. The summed E-state index contributed by atoms with van der Waals surface area (Å²) in [4.78, 5) is 36.2. The predicted octanol–water partition coefficient (Wildman–Crippen LogP) is 0.755. The lowest BCUT2D eigenvalue weighted by Crippen LogP contribution is -2.57. The molecular weight excluding hydrogens is 284 g/mol. The van der Waals surface area contributed by atoms with E-state index in [0.717, 1.165) is 0 Å². The van der Waals surface area contributed by atoms with E-state index in [-0.39, 0.29) is 12.5 Å². The smallest absolute Gasteiger partial charge is 0.305 e. The van der Waals surface area contributed by atoms with Crippen molar-refractivity contribution in [2.45, 2.75) is 12.5 Å². The number of benzene rings is 1. The van der Waals surface area contributed by atoms with Crippen molar-refractivity contribution in [1.82, 2.24) is 10.2 Å². The summed E-state index contributed by atoms with van der Waals surface area (Å²) in [5, 5.41) is 11.9. The van der Waals surface area contributed by atoms with Crippen molar-refractivity contribution in [2.75, 3.05) is 13.1 Å². The summed E-state index contributed by atoms with van der Waals surface area (Å²) >= 11 is 5.76. The number of carbonyl (C=O) groups is 3. The fourth-order valence-corrected chi connectivity index (χ4v) is 2.21. The fraction of sp³-hybridized carbons (Fsp3) is 0.308. The van der Waals surface area contributed by atoms with E-state index in [1.54, 1.807) is 24.3 Å². The number of hydrogen-bond acceptors (Lipinski definition) is 3. The van der Waals surface area contributed by atoms with E-state index < -0.39 is 24.3 Å². The number of nitrogens with zero attached hydrogens (tertiary/aromatic N) is 1. The van der Waals surface area contributed by atoms with E-state index in [9.17, 15) is 14.4 Å². The summed E-state index contributed by atoms with van der Waals surface area (Å²) < 4.78 is 0. The molecule has 6 nitrogen and oxygen atoms in total. The number of hydrogen-bond donors (Lipinski definition) is 2. The molecule has 1 fully saturated rings. The SMILES string of the molecule is O=C(O)CC1C(=O)NCCN1C(=O)c1ccc(Cl)cc1. The van der Waals surface area contributed by atoms with Crippen molar-refractivity contribution in [1.29, 1.82) is 0 Å². The molecule has 0 bridgehead atoms. The second kappa shape index (κ2) is 5.92. The number of halogens is 1. The van der Waals surface area contributed by atoms with E-state index >= 15 is 0 Å². The average molecular weight is 297 g/mol. The van der Waals surface area contributed by atoms with E-state index in [2.05, 4.69) is 5.32 Å². The number of nitrogens with one attached hydrogen (secondary N) is 1. The normalized spacial score (nSPS) is 18.6. The molecule has 1 heterocycles. The number of carboxylic acids is 1. The molecule has 0 aliphatic carbocycles. The Balaban J connectivity index is 2.23. The van der Waals surface area contributed by atoms with Crippen molar-refractivity contribution in [3.63, 3.8) is 0 Å². The zero-order valence-electron chi connectivity index (χ0n) is 10.5. The lowest BCUT2D eigenvalue weighted by atomic mass is 10.1. The molecule has 1 aromatic rings. The van der Waals surface area contributed by atoms with E-state index in [0.29, 0.717) is 17.1 Å². The van der Waals surface area contributed by atoms with Gasteiger partial charge in [0.25, 0.3) is 5.91 Å². The van der Waals surface area contributed by atoms with Crippen LogP contribution in [-0.2, 0) is 9.59 Å². The van der Waals surface area contributed by atoms with Gasteiger partial charge in [-0.3, -0.25) is 14.4 Å². The van der Waals surface area contributed by atoms with Crippen molar-refractivity contribution in [3.8, 4) is 0 Å². The van der Waals surface area contributed by atoms with Crippen LogP contribution in [0.25, 0.3) is 0 Å². The van der Waals surface area contributed by atoms with Crippen LogP contribution in [0, 0.1) is 0 Å². The quantitative estimate of drug-likeness (QED) is 0.862. The number of piperazine rings is 1. The van der Waals surface area contributed by atoms with Gasteiger partial charge < -0.3 is 15.3 Å². The maximum Gasteiger partial charge on any atom is 0.305 e. The number of amides is 2. The van der Waals surface area contributed by atoms with Crippen LogP contribution in [0.1, 0.15) is 16.8 Å². The topological polar surface area (TPSA) is 86.7 Å². The van der Waals surface area contributed by atoms with Crippen molar-refractivity contribution >= 4 is 29.4 Å². The second-order valence-electron chi connectivity index (χ2n) is 4.41. The maximum atomic E-state index is 12.4. The minimum absolute atomic E-state index is 0.283.